The molecular weight excluding hydrogens is 330 g/mol. The fourth-order valence-electron chi connectivity index (χ4n) is 3.42. The number of rotatable bonds is 6. The van der Waals surface area contributed by atoms with Crippen LogP contribution in [0.25, 0.3) is 11.4 Å². The van der Waals surface area contributed by atoms with Crippen molar-refractivity contribution in [1.29, 1.82) is 0 Å². The molecule has 26 heavy (non-hydrogen) atoms. The Bertz CT molecular complexity index is 766. The number of hydrogen-bond acceptors (Lipinski definition) is 6. The van der Waals surface area contributed by atoms with E-state index in [0.717, 1.165) is 56.0 Å². The maximum atomic E-state index is 11.7. The zero-order chi connectivity index (χ0) is 18.5. The van der Waals surface area contributed by atoms with Gasteiger partial charge in [-0.3, -0.25) is 4.79 Å². The Morgan fingerprint density at radius 1 is 1.35 bits per heavy atom. The van der Waals surface area contributed by atoms with Crippen LogP contribution >= 0.6 is 0 Å². The van der Waals surface area contributed by atoms with Gasteiger partial charge in [0.15, 0.2) is 0 Å². The lowest BCUT2D eigenvalue weighted by Crippen LogP contribution is -2.44. The van der Waals surface area contributed by atoms with E-state index in [-0.39, 0.29) is 12.2 Å². The summed E-state index contributed by atoms with van der Waals surface area (Å²) in [7, 11) is 2.07. The van der Waals surface area contributed by atoms with Crippen molar-refractivity contribution in [3.8, 4) is 11.4 Å². The number of piperidine rings is 1. The molecule has 3 heterocycles. The smallest absolute Gasteiger partial charge is 0.251 e. The average molecular weight is 357 g/mol. The van der Waals surface area contributed by atoms with E-state index in [1.165, 1.54) is 6.07 Å². The Balaban J connectivity index is 1.67. The highest BCUT2D eigenvalue weighted by atomic mass is 16.3. The zero-order valence-corrected chi connectivity index (χ0v) is 15.5. The normalized spacial score (nSPS) is 15.6. The van der Waals surface area contributed by atoms with E-state index in [4.69, 9.17) is 5.11 Å². The van der Waals surface area contributed by atoms with Gasteiger partial charge in [0.1, 0.15) is 11.6 Å². The van der Waals surface area contributed by atoms with Gasteiger partial charge in [0, 0.05) is 49.2 Å². The molecule has 2 aromatic heterocycles. The number of nitrogens with one attached hydrogen (secondary N) is 1. The lowest BCUT2D eigenvalue weighted by Gasteiger charge is -2.37. The molecule has 1 aliphatic heterocycles. The van der Waals surface area contributed by atoms with Crippen molar-refractivity contribution in [2.24, 2.45) is 0 Å². The Hall–Kier alpha value is -2.25. The van der Waals surface area contributed by atoms with Gasteiger partial charge in [-0.25, -0.2) is 9.97 Å². The molecule has 2 N–H and O–H groups in total. The number of aryl methyl sites for hydroxylation is 1. The van der Waals surface area contributed by atoms with Crippen LogP contribution in [-0.2, 0) is 6.42 Å². The summed E-state index contributed by atoms with van der Waals surface area (Å²) in [6.45, 7) is 4.81. The molecule has 7 nitrogen and oxygen atoms in total. The number of aromatic amines is 1. The molecule has 0 saturated carbocycles. The lowest BCUT2D eigenvalue weighted by atomic mass is 10.0. The van der Waals surface area contributed by atoms with E-state index in [1.807, 2.05) is 19.1 Å². The average Bonchev–Trinajstić information content (AvgIpc) is 2.68. The number of aromatic nitrogens is 3. The summed E-state index contributed by atoms with van der Waals surface area (Å²) >= 11 is 0. The predicted octanol–water partition coefficient (Wildman–Crippen LogP) is 1.29. The van der Waals surface area contributed by atoms with Gasteiger partial charge < -0.3 is 19.9 Å². The van der Waals surface area contributed by atoms with E-state index >= 15 is 0 Å². The Morgan fingerprint density at radius 3 is 2.73 bits per heavy atom. The number of H-pyrrole nitrogens is 1. The van der Waals surface area contributed by atoms with Crippen molar-refractivity contribution < 1.29 is 5.11 Å². The molecule has 2 aromatic rings. The van der Waals surface area contributed by atoms with Gasteiger partial charge in [-0.15, -0.1) is 0 Å². The van der Waals surface area contributed by atoms with Crippen LogP contribution in [0.15, 0.2) is 29.2 Å². The first-order valence-electron chi connectivity index (χ1n) is 9.23. The summed E-state index contributed by atoms with van der Waals surface area (Å²) < 4.78 is 0. The van der Waals surface area contributed by atoms with Crippen LogP contribution in [0, 0.1) is 0 Å². The van der Waals surface area contributed by atoms with Gasteiger partial charge in [-0.1, -0.05) is 6.92 Å². The van der Waals surface area contributed by atoms with Gasteiger partial charge in [-0.05, 0) is 38.4 Å². The second-order valence-corrected chi connectivity index (χ2v) is 6.77. The summed E-state index contributed by atoms with van der Waals surface area (Å²) in [6.07, 6.45) is 4.62. The number of anilines is 1. The molecule has 1 saturated heterocycles. The molecule has 7 heteroatoms. The molecule has 0 aromatic carbocycles. The van der Waals surface area contributed by atoms with Gasteiger partial charge >= 0.3 is 0 Å². The van der Waals surface area contributed by atoms with Crippen molar-refractivity contribution in [3.63, 3.8) is 0 Å². The van der Waals surface area contributed by atoms with E-state index in [9.17, 15) is 4.79 Å². The fourth-order valence-corrected chi connectivity index (χ4v) is 3.42. The third kappa shape index (κ3) is 4.28. The molecule has 0 aliphatic carbocycles. The van der Waals surface area contributed by atoms with Crippen LogP contribution < -0.4 is 10.5 Å². The minimum Gasteiger partial charge on any atom is -0.395 e. The van der Waals surface area contributed by atoms with E-state index in [2.05, 4.69) is 31.8 Å². The predicted molar refractivity (Wildman–Crippen MR) is 102 cm³/mol. The van der Waals surface area contributed by atoms with Crippen LogP contribution in [0.5, 0.6) is 0 Å². The van der Waals surface area contributed by atoms with E-state index in [1.54, 1.807) is 6.20 Å². The maximum absolute atomic E-state index is 11.7. The number of aliphatic hydroxyl groups excluding tert-OH is 1. The fraction of sp³-hybridized carbons (Fsp3) is 0.526. The third-order valence-electron chi connectivity index (χ3n) is 5.04. The highest BCUT2D eigenvalue weighted by Crippen LogP contribution is 2.22. The summed E-state index contributed by atoms with van der Waals surface area (Å²) in [6, 6.07) is 6.00. The molecule has 3 rings (SSSR count). The summed E-state index contributed by atoms with van der Waals surface area (Å²) in [4.78, 5) is 28.1. The number of nitrogens with zero attached hydrogens (tertiary/aromatic N) is 4. The highest BCUT2D eigenvalue weighted by molar-refractivity contribution is 5.56. The van der Waals surface area contributed by atoms with Crippen molar-refractivity contribution in [2.75, 3.05) is 38.2 Å². The topological polar surface area (TPSA) is 85.4 Å². The Morgan fingerprint density at radius 2 is 2.12 bits per heavy atom. The Kier molecular flexibility index (Phi) is 6.00. The van der Waals surface area contributed by atoms with Crippen molar-refractivity contribution in [2.45, 2.75) is 32.2 Å². The first-order chi connectivity index (χ1) is 12.6. The monoisotopic (exact) mass is 357 g/mol. The molecular formula is C19H27N5O2. The van der Waals surface area contributed by atoms with Gasteiger partial charge in [-0.2, -0.15) is 0 Å². The molecule has 1 fully saturated rings. The highest BCUT2D eigenvalue weighted by Gasteiger charge is 2.22. The third-order valence-corrected chi connectivity index (χ3v) is 5.04. The quantitative estimate of drug-likeness (QED) is 0.810. The number of pyridine rings is 1. The van der Waals surface area contributed by atoms with Crippen molar-refractivity contribution >= 4 is 5.82 Å². The molecule has 140 valence electrons. The maximum Gasteiger partial charge on any atom is 0.251 e. The van der Waals surface area contributed by atoms with Crippen LogP contribution in [0.1, 0.15) is 25.5 Å². The lowest BCUT2D eigenvalue weighted by molar-refractivity contribution is 0.161. The minimum atomic E-state index is -0.134. The molecule has 0 spiro atoms. The number of hydrogen-bond donors (Lipinski definition) is 2. The van der Waals surface area contributed by atoms with Crippen LogP contribution in [0.2, 0.25) is 0 Å². The molecule has 1 aliphatic rings. The Labute approximate surface area is 153 Å². The van der Waals surface area contributed by atoms with Gasteiger partial charge in [0.05, 0.1) is 6.61 Å². The summed E-state index contributed by atoms with van der Waals surface area (Å²) in [5, 5.41) is 9.08. The van der Waals surface area contributed by atoms with E-state index in [0.29, 0.717) is 11.9 Å². The van der Waals surface area contributed by atoms with Crippen molar-refractivity contribution in [3.05, 3.63) is 40.4 Å². The number of likely N-dealkylation sites (N-methyl/N-ethyl adjacent to an activating group) is 1. The van der Waals surface area contributed by atoms with Gasteiger partial charge in [0.2, 0.25) is 0 Å². The second kappa shape index (κ2) is 8.42. The summed E-state index contributed by atoms with van der Waals surface area (Å²) in [5.74, 6) is 1.52. The van der Waals surface area contributed by atoms with Crippen LogP contribution in [0.4, 0.5) is 5.82 Å². The standard InChI is InChI=1S/C19H27N5O2/c1-3-15-12-18(26)22-19(21-15)14-4-5-17(20-13-14)24-8-6-16(7-9-24)23(2)10-11-25/h4-5,12-13,16,25H,3,6-11H2,1-2H3,(H,21,22,26). The van der Waals surface area contributed by atoms with Crippen LogP contribution in [0.3, 0.4) is 0 Å². The first-order valence-corrected chi connectivity index (χ1v) is 9.23. The minimum absolute atomic E-state index is 0.134. The first kappa shape index (κ1) is 18.5. The van der Waals surface area contributed by atoms with Gasteiger partial charge in [0.25, 0.3) is 5.56 Å². The number of aliphatic hydroxyl groups is 1. The van der Waals surface area contributed by atoms with Crippen LogP contribution in [-0.4, -0.2) is 64.3 Å². The van der Waals surface area contributed by atoms with Crippen molar-refractivity contribution in [1.82, 2.24) is 19.9 Å². The summed E-state index contributed by atoms with van der Waals surface area (Å²) in [5.41, 5.74) is 1.46. The molecule has 0 atom stereocenters. The molecule has 0 amide bonds. The largest absolute Gasteiger partial charge is 0.395 e. The molecule has 0 unspecified atom stereocenters. The molecule has 0 radical (unpaired) electrons. The molecule has 0 bridgehead atoms. The van der Waals surface area contributed by atoms with E-state index < -0.39 is 0 Å². The SMILES string of the molecule is CCc1cc(=O)[nH]c(-c2ccc(N3CCC(N(C)CCO)CC3)nc2)n1. The zero-order valence-electron chi connectivity index (χ0n) is 15.5. The second-order valence-electron chi connectivity index (χ2n) is 6.77.